The normalized spacial score (nSPS) is 10.9. The van der Waals surface area contributed by atoms with Crippen LogP contribution in [0.15, 0.2) is 23.2 Å². The molecule has 0 atom stereocenters. The van der Waals surface area contributed by atoms with Crippen LogP contribution in [0.5, 0.6) is 0 Å². The number of nitrogens with one attached hydrogen (secondary N) is 1. The van der Waals surface area contributed by atoms with Gasteiger partial charge in [-0.15, -0.1) is 0 Å². The summed E-state index contributed by atoms with van der Waals surface area (Å²) >= 11 is 0. The van der Waals surface area contributed by atoms with Gasteiger partial charge in [0.1, 0.15) is 5.82 Å². The average molecular weight is 235 g/mol. The maximum absolute atomic E-state index is 4.91. The molecule has 0 saturated carbocycles. The third-order valence-corrected chi connectivity index (χ3v) is 2.47. The molecule has 0 aromatic carbocycles. The molecule has 0 saturated heterocycles. The van der Waals surface area contributed by atoms with Crippen molar-refractivity contribution in [3.63, 3.8) is 0 Å². The van der Waals surface area contributed by atoms with Gasteiger partial charge in [0.05, 0.1) is 6.54 Å². The molecule has 0 aliphatic rings. The van der Waals surface area contributed by atoms with Gasteiger partial charge in [-0.3, -0.25) is 0 Å². The first-order valence-electron chi connectivity index (χ1n) is 5.86. The predicted molar refractivity (Wildman–Crippen MR) is 62.2 cm³/mol. The lowest BCUT2D eigenvalue weighted by Gasteiger charge is -2.06. The minimum Gasteiger partial charge on any atom is -0.340 e. The molecule has 17 heavy (non-hydrogen) atoms. The molecule has 0 unspecified atom stereocenters. The van der Waals surface area contributed by atoms with Crippen molar-refractivity contribution in [1.82, 2.24) is 25.0 Å². The first kappa shape index (κ1) is 11.8. The molecular formula is C11H17N5O. The highest BCUT2D eigenvalue weighted by molar-refractivity contribution is 4.92. The van der Waals surface area contributed by atoms with E-state index in [9.17, 15) is 0 Å². The van der Waals surface area contributed by atoms with Gasteiger partial charge in [0.25, 0.3) is 0 Å². The second-order valence-corrected chi connectivity index (χ2v) is 3.80. The first-order chi connectivity index (χ1) is 8.40. The molecule has 0 fully saturated rings. The second-order valence-electron chi connectivity index (χ2n) is 3.80. The molecule has 2 rings (SSSR count). The first-order valence-corrected chi connectivity index (χ1v) is 5.86. The fourth-order valence-electron chi connectivity index (χ4n) is 1.65. The van der Waals surface area contributed by atoms with Gasteiger partial charge >= 0.3 is 0 Å². The van der Waals surface area contributed by atoms with Crippen LogP contribution in [0.25, 0.3) is 0 Å². The van der Waals surface area contributed by atoms with E-state index in [1.807, 2.05) is 12.4 Å². The zero-order valence-electron chi connectivity index (χ0n) is 9.96. The Morgan fingerprint density at radius 1 is 1.41 bits per heavy atom. The van der Waals surface area contributed by atoms with Crippen molar-refractivity contribution in [3.8, 4) is 0 Å². The number of hydrogen-bond acceptors (Lipinski definition) is 5. The smallest absolute Gasteiger partial charge is 0.227 e. The highest BCUT2D eigenvalue weighted by Crippen LogP contribution is 1.99. The Kier molecular flexibility index (Phi) is 4.26. The van der Waals surface area contributed by atoms with Gasteiger partial charge in [-0.05, 0) is 6.42 Å². The Labute approximate surface area is 100 Å². The predicted octanol–water partition coefficient (Wildman–Crippen LogP) is 1.01. The molecule has 0 radical (unpaired) electrons. The van der Waals surface area contributed by atoms with E-state index in [0.717, 1.165) is 38.3 Å². The van der Waals surface area contributed by atoms with Crippen molar-refractivity contribution in [2.24, 2.45) is 0 Å². The highest BCUT2D eigenvalue weighted by Gasteiger charge is 2.02. The van der Waals surface area contributed by atoms with Crippen molar-refractivity contribution in [2.45, 2.75) is 32.9 Å². The molecule has 0 amide bonds. The van der Waals surface area contributed by atoms with Crippen molar-refractivity contribution < 1.29 is 4.52 Å². The van der Waals surface area contributed by atoms with E-state index in [0.29, 0.717) is 5.89 Å². The van der Waals surface area contributed by atoms with Gasteiger partial charge in [0, 0.05) is 31.9 Å². The molecule has 2 aromatic heterocycles. The van der Waals surface area contributed by atoms with E-state index >= 15 is 0 Å². The van der Waals surface area contributed by atoms with E-state index < -0.39 is 0 Å². The molecule has 0 aliphatic carbocycles. The van der Waals surface area contributed by atoms with Crippen LogP contribution in [0.3, 0.4) is 0 Å². The quantitative estimate of drug-likeness (QED) is 0.725. The fourth-order valence-corrected chi connectivity index (χ4v) is 1.65. The molecule has 92 valence electrons. The van der Waals surface area contributed by atoms with Crippen LogP contribution in [0.4, 0.5) is 0 Å². The van der Waals surface area contributed by atoms with Crippen LogP contribution in [-0.4, -0.2) is 26.2 Å². The Morgan fingerprint density at radius 2 is 2.35 bits per heavy atom. The molecule has 1 N–H and O–H groups in total. The van der Waals surface area contributed by atoms with Gasteiger partial charge in [0.15, 0.2) is 6.33 Å². The monoisotopic (exact) mass is 235 g/mol. The van der Waals surface area contributed by atoms with E-state index in [2.05, 4.69) is 31.9 Å². The van der Waals surface area contributed by atoms with Crippen LogP contribution in [0.2, 0.25) is 0 Å². The summed E-state index contributed by atoms with van der Waals surface area (Å²) in [6.45, 7) is 4.75. The maximum Gasteiger partial charge on any atom is 0.227 e. The summed E-state index contributed by atoms with van der Waals surface area (Å²) in [5.41, 5.74) is 0. The van der Waals surface area contributed by atoms with E-state index in [-0.39, 0.29) is 0 Å². The summed E-state index contributed by atoms with van der Waals surface area (Å²) in [6, 6.07) is 0. The summed E-state index contributed by atoms with van der Waals surface area (Å²) in [5, 5.41) is 6.87. The topological polar surface area (TPSA) is 68.8 Å². The number of nitrogens with zero attached hydrogens (tertiary/aromatic N) is 4. The summed E-state index contributed by atoms with van der Waals surface area (Å²) in [4.78, 5) is 8.28. The molecule has 0 bridgehead atoms. The summed E-state index contributed by atoms with van der Waals surface area (Å²) in [7, 11) is 0. The highest BCUT2D eigenvalue weighted by atomic mass is 16.5. The van der Waals surface area contributed by atoms with Crippen molar-refractivity contribution in [3.05, 3.63) is 30.4 Å². The minimum absolute atomic E-state index is 0.661. The molecule has 0 aliphatic heterocycles. The van der Waals surface area contributed by atoms with Crippen LogP contribution in [0, 0.1) is 0 Å². The lowest BCUT2D eigenvalue weighted by molar-refractivity contribution is 0.374. The third kappa shape index (κ3) is 3.39. The molecule has 0 spiro atoms. The van der Waals surface area contributed by atoms with Crippen LogP contribution in [0.1, 0.15) is 25.1 Å². The van der Waals surface area contributed by atoms with E-state index in [1.165, 1.54) is 6.33 Å². The third-order valence-electron chi connectivity index (χ3n) is 2.47. The standard InChI is InChI=1S/C11H17N5O/c1-2-6-16-7-5-13-10(16)8-12-4-3-11-14-9-15-17-11/h5,7,9,12H,2-4,6,8H2,1H3. The summed E-state index contributed by atoms with van der Waals surface area (Å²) in [6.07, 6.45) is 7.13. The molecule has 2 aromatic rings. The number of rotatable bonds is 7. The zero-order chi connectivity index (χ0) is 11.9. The summed E-state index contributed by atoms with van der Waals surface area (Å²) in [5.74, 6) is 1.73. The Morgan fingerprint density at radius 3 is 3.12 bits per heavy atom. The Balaban J connectivity index is 1.72. The van der Waals surface area contributed by atoms with Gasteiger partial charge in [-0.1, -0.05) is 12.1 Å². The fraction of sp³-hybridized carbons (Fsp3) is 0.545. The Bertz CT molecular complexity index is 423. The van der Waals surface area contributed by atoms with Crippen LogP contribution in [-0.2, 0) is 19.5 Å². The van der Waals surface area contributed by atoms with E-state index in [4.69, 9.17) is 4.52 Å². The largest absolute Gasteiger partial charge is 0.340 e. The maximum atomic E-state index is 4.91. The molecule has 6 nitrogen and oxygen atoms in total. The van der Waals surface area contributed by atoms with Crippen LogP contribution < -0.4 is 5.32 Å². The van der Waals surface area contributed by atoms with Gasteiger partial charge in [-0.25, -0.2) is 4.98 Å². The summed E-state index contributed by atoms with van der Waals surface area (Å²) < 4.78 is 7.08. The van der Waals surface area contributed by atoms with Crippen molar-refractivity contribution >= 4 is 0 Å². The van der Waals surface area contributed by atoms with Crippen molar-refractivity contribution in [2.75, 3.05) is 6.54 Å². The minimum atomic E-state index is 0.661. The van der Waals surface area contributed by atoms with Crippen molar-refractivity contribution in [1.29, 1.82) is 0 Å². The molecule has 6 heteroatoms. The molecular weight excluding hydrogens is 218 g/mol. The van der Waals surface area contributed by atoms with Gasteiger partial charge in [0.2, 0.25) is 5.89 Å². The SMILES string of the molecule is CCCn1ccnc1CNCCc1ncno1. The number of hydrogen-bond donors (Lipinski definition) is 1. The van der Waals surface area contributed by atoms with Gasteiger partial charge < -0.3 is 14.4 Å². The second kappa shape index (κ2) is 6.15. The van der Waals surface area contributed by atoms with E-state index in [1.54, 1.807) is 0 Å². The average Bonchev–Trinajstić information content (AvgIpc) is 2.96. The van der Waals surface area contributed by atoms with Crippen LogP contribution >= 0.6 is 0 Å². The lowest BCUT2D eigenvalue weighted by atomic mass is 10.4. The zero-order valence-corrected chi connectivity index (χ0v) is 9.96. The van der Waals surface area contributed by atoms with Gasteiger partial charge in [-0.2, -0.15) is 4.98 Å². The lowest BCUT2D eigenvalue weighted by Crippen LogP contribution is -2.19. The number of aryl methyl sites for hydroxylation is 1. The number of imidazole rings is 1. The number of aromatic nitrogens is 4. The Hall–Kier alpha value is -1.69. The molecule has 2 heterocycles.